The number of pyridine rings is 1. The van der Waals surface area contributed by atoms with Gasteiger partial charge in [-0.2, -0.15) is 0 Å². The molecule has 0 amide bonds. The number of methoxy groups -OCH3 is 1. The Morgan fingerprint density at radius 3 is 2.66 bits per heavy atom. The largest absolute Gasteiger partial charge is 0.497 e. The fraction of sp³-hybridized carbons (Fsp3) is 0.364. The van der Waals surface area contributed by atoms with Crippen LogP contribution in [-0.2, 0) is 17.7 Å². The van der Waals surface area contributed by atoms with Crippen molar-refractivity contribution in [2.45, 2.75) is 32.9 Å². The number of rotatable bonds is 4. The molecule has 2 N–H and O–H groups in total. The van der Waals surface area contributed by atoms with E-state index in [2.05, 4.69) is 11.9 Å². The van der Waals surface area contributed by atoms with Crippen LogP contribution in [0, 0.1) is 0 Å². The van der Waals surface area contributed by atoms with Crippen molar-refractivity contribution in [1.29, 1.82) is 0 Å². The SMILES string of the molecule is COc1ccc(-c2c3c(nc4sc(C(=O)OC(C)C)c(N)c24)CCN(C)C3)cc1. The van der Waals surface area contributed by atoms with Gasteiger partial charge >= 0.3 is 5.97 Å². The van der Waals surface area contributed by atoms with E-state index in [0.29, 0.717) is 10.6 Å². The number of ether oxygens (including phenoxy) is 2. The summed E-state index contributed by atoms with van der Waals surface area (Å²) in [6, 6.07) is 7.95. The van der Waals surface area contributed by atoms with Gasteiger partial charge in [0.25, 0.3) is 0 Å². The number of hydrogen-bond donors (Lipinski definition) is 1. The maximum Gasteiger partial charge on any atom is 0.350 e. The van der Waals surface area contributed by atoms with Crippen molar-refractivity contribution < 1.29 is 14.3 Å². The second kappa shape index (κ2) is 7.65. The number of anilines is 1. The van der Waals surface area contributed by atoms with Crippen molar-refractivity contribution in [2.24, 2.45) is 0 Å². The highest BCUT2D eigenvalue weighted by atomic mass is 32.1. The third kappa shape index (κ3) is 3.56. The van der Waals surface area contributed by atoms with Crippen LogP contribution >= 0.6 is 11.3 Å². The highest BCUT2D eigenvalue weighted by molar-refractivity contribution is 7.21. The van der Waals surface area contributed by atoms with Crippen LogP contribution in [0.4, 0.5) is 5.69 Å². The summed E-state index contributed by atoms with van der Waals surface area (Å²) in [5.41, 5.74) is 11.3. The molecule has 152 valence electrons. The number of fused-ring (bicyclic) bond motifs is 2. The van der Waals surface area contributed by atoms with E-state index in [1.807, 2.05) is 38.1 Å². The van der Waals surface area contributed by atoms with Gasteiger partial charge in [-0.1, -0.05) is 12.1 Å². The Bertz CT molecular complexity index is 1070. The molecule has 1 aliphatic heterocycles. The zero-order valence-corrected chi connectivity index (χ0v) is 17.9. The van der Waals surface area contributed by atoms with E-state index in [1.165, 1.54) is 16.9 Å². The molecular formula is C22H25N3O3S. The maximum absolute atomic E-state index is 12.6. The second-order valence-corrected chi connectivity index (χ2v) is 8.61. The molecule has 1 aromatic carbocycles. The molecule has 0 radical (unpaired) electrons. The number of likely N-dealkylation sites (N-methyl/N-ethyl adjacent to an activating group) is 1. The summed E-state index contributed by atoms with van der Waals surface area (Å²) in [6.07, 6.45) is 0.664. The van der Waals surface area contributed by atoms with Crippen LogP contribution in [0.2, 0.25) is 0 Å². The Morgan fingerprint density at radius 1 is 1.28 bits per heavy atom. The van der Waals surface area contributed by atoms with E-state index in [1.54, 1.807) is 7.11 Å². The van der Waals surface area contributed by atoms with Crippen LogP contribution in [0.15, 0.2) is 24.3 Å². The quantitative estimate of drug-likeness (QED) is 0.651. The van der Waals surface area contributed by atoms with Gasteiger partial charge in [0.2, 0.25) is 0 Å². The molecule has 3 aromatic rings. The second-order valence-electron chi connectivity index (χ2n) is 7.61. The molecule has 4 rings (SSSR count). The van der Waals surface area contributed by atoms with Gasteiger partial charge < -0.3 is 20.1 Å². The average molecular weight is 412 g/mol. The van der Waals surface area contributed by atoms with E-state index in [0.717, 1.165) is 52.3 Å². The van der Waals surface area contributed by atoms with E-state index >= 15 is 0 Å². The van der Waals surface area contributed by atoms with Crippen LogP contribution in [-0.4, -0.2) is 42.7 Å². The molecule has 2 aromatic heterocycles. The molecule has 6 nitrogen and oxygen atoms in total. The van der Waals surface area contributed by atoms with E-state index in [-0.39, 0.29) is 6.10 Å². The molecular weight excluding hydrogens is 386 g/mol. The lowest BCUT2D eigenvalue weighted by Gasteiger charge is -2.27. The van der Waals surface area contributed by atoms with Crippen molar-refractivity contribution in [2.75, 3.05) is 26.4 Å². The Morgan fingerprint density at radius 2 is 2.00 bits per heavy atom. The zero-order chi connectivity index (χ0) is 20.7. The van der Waals surface area contributed by atoms with Gasteiger partial charge in [0, 0.05) is 36.2 Å². The van der Waals surface area contributed by atoms with E-state index < -0.39 is 5.97 Å². The van der Waals surface area contributed by atoms with Crippen molar-refractivity contribution in [3.8, 4) is 16.9 Å². The highest BCUT2D eigenvalue weighted by Crippen LogP contribution is 2.43. The number of hydrogen-bond acceptors (Lipinski definition) is 7. The molecule has 0 bridgehead atoms. The Labute approximate surface area is 174 Å². The first-order valence-corrected chi connectivity index (χ1v) is 10.5. The fourth-order valence-corrected chi connectivity index (χ4v) is 4.76. The number of carbonyl (C=O) groups is 1. The molecule has 0 unspecified atom stereocenters. The number of esters is 1. The molecule has 3 heterocycles. The minimum atomic E-state index is -0.392. The van der Waals surface area contributed by atoms with Crippen molar-refractivity contribution in [3.63, 3.8) is 0 Å². The summed E-state index contributed by atoms with van der Waals surface area (Å²) in [5, 5.41) is 0.838. The minimum Gasteiger partial charge on any atom is -0.497 e. The number of benzene rings is 1. The van der Waals surface area contributed by atoms with Crippen molar-refractivity contribution in [1.82, 2.24) is 9.88 Å². The summed E-state index contributed by atoms with van der Waals surface area (Å²) in [4.78, 5) is 21.0. The third-order valence-electron chi connectivity index (χ3n) is 5.13. The first-order chi connectivity index (χ1) is 13.9. The van der Waals surface area contributed by atoms with Gasteiger partial charge in [-0.25, -0.2) is 9.78 Å². The summed E-state index contributed by atoms with van der Waals surface area (Å²) in [5.74, 6) is 0.404. The molecule has 29 heavy (non-hydrogen) atoms. The van der Waals surface area contributed by atoms with Crippen LogP contribution in [0.5, 0.6) is 5.75 Å². The van der Waals surface area contributed by atoms with Gasteiger partial charge in [-0.15, -0.1) is 11.3 Å². The van der Waals surface area contributed by atoms with Gasteiger partial charge in [-0.3, -0.25) is 0 Å². The third-order valence-corrected chi connectivity index (χ3v) is 6.21. The molecule has 1 aliphatic rings. The molecule has 0 spiro atoms. The van der Waals surface area contributed by atoms with Crippen molar-refractivity contribution in [3.05, 3.63) is 40.4 Å². The predicted molar refractivity (Wildman–Crippen MR) is 117 cm³/mol. The Balaban J connectivity index is 1.97. The molecule has 7 heteroatoms. The van der Waals surface area contributed by atoms with Gasteiger partial charge in [0.15, 0.2) is 0 Å². The summed E-state index contributed by atoms with van der Waals surface area (Å²) >= 11 is 1.32. The monoisotopic (exact) mass is 411 g/mol. The number of nitrogen functional groups attached to an aromatic ring is 1. The van der Waals surface area contributed by atoms with Gasteiger partial charge in [-0.05, 0) is 44.2 Å². The highest BCUT2D eigenvalue weighted by Gasteiger charge is 2.27. The normalized spacial score (nSPS) is 14.2. The molecule has 0 saturated heterocycles. The van der Waals surface area contributed by atoms with Crippen LogP contribution in [0.3, 0.4) is 0 Å². The predicted octanol–water partition coefficient (Wildman–Crippen LogP) is 4.11. The maximum atomic E-state index is 12.6. The standard InChI is InChI=1S/C22H25N3O3S/c1-12(2)28-22(26)20-19(23)18-17(13-5-7-14(27-4)8-6-13)15-11-25(3)10-9-16(15)24-21(18)29-20/h5-8,12H,9-11,23H2,1-4H3. The van der Waals surface area contributed by atoms with E-state index in [9.17, 15) is 4.79 Å². The number of nitrogens with zero attached hydrogens (tertiary/aromatic N) is 2. The number of carbonyl (C=O) groups excluding carboxylic acids is 1. The summed E-state index contributed by atoms with van der Waals surface area (Å²) in [6.45, 7) is 5.41. The summed E-state index contributed by atoms with van der Waals surface area (Å²) < 4.78 is 10.7. The Kier molecular flexibility index (Phi) is 5.19. The zero-order valence-electron chi connectivity index (χ0n) is 17.1. The first-order valence-electron chi connectivity index (χ1n) is 9.66. The smallest absolute Gasteiger partial charge is 0.350 e. The summed E-state index contributed by atoms with van der Waals surface area (Å²) in [7, 11) is 3.76. The molecule has 0 aliphatic carbocycles. The van der Waals surface area contributed by atoms with Gasteiger partial charge in [0.05, 0.1) is 18.9 Å². The van der Waals surface area contributed by atoms with Crippen LogP contribution < -0.4 is 10.5 Å². The van der Waals surface area contributed by atoms with E-state index in [4.69, 9.17) is 20.2 Å². The minimum absolute atomic E-state index is 0.206. The number of nitrogens with two attached hydrogens (primary N) is 1. The topological polar surface area (TPSA) is 77.7 Å². The molecule has 0 saturated carbocycles. The lowest BCUT2D eigenvalue weighted by Crippen LogP contribution is -2.27. The fourth-order valence-electron chi connectivity index (χ4n) is 3.76. The first kappa shape index (κ1) is 19.7. The lowest BCUT2D eigenvalue weighted by atomic mass is 9.92. The van der Waals surface area contributed by atoms with Crippen LogP contribution in [0.1, 0.15) is 34.8 Å². The lowest BCUT2D eigenvalue weighted by molar-refractivity contribution is 0.0385. The van der Waals surface area contributed by atoms with Crippen molar-refractivity contribution >= 4 is 33.2 Å². The average Bonchev–Trinajstić information content (AvgIpc) is 3.02. The molecule has 0 atom stereocenters. The van der Waals surface area contributed by atoms with Crippen LogP contribution in [0.25, 0.3) is 21.3 Å². The molecule has 0 fully saturated rings. The Hall–Kier alpha value is -2.64. The number of thiophene rings is 1. The van der Waals surface area contributed by atoms with Gasteiger partial charge in [0.1, 0.15) is 15.5 Å². The number of aromatic nitrogens is 1.